The highest BCUT2D eigenvalue weighted by molar-refractivity contribution is 6.16. The molecular formula is C58H42N2. The Balaban J connectivity index is 1.08. The number of benzene rings is 8. The quantitative estimate of drug-likeness (QED) is 0.167. The van der Waals surface area contributed by atoms with Crippen LogP contribution in [-0.4, -0.2) is 9.97 Å². The van der Waals surface area contributed by atoms with Gasteiger partial charge in [0, 0.05) is 44.3 Å². The molecule has 2 aromatic heterocycles. The molecular weight excluding hydrogens is 725 g/mol. The van der Waals surface area contributed by atoms with Crippen LogP contribution in [0.25, 0.3) is 99.5 Å². The van der Waals surface area contributed by atoms with Crippen molar-refractivity contribution in [3.8, 4) is 66.9 Å². The summed E-state index contributed by atoms with van der Waals surface area (Å²) in [5, 5.41) is 4.66. The summed E-state index contributed by atoms with van der Waals surface area (Å²) in [6.45, 7) is 9.46. The van der Waals surface area contributed by atoms with Gasteiger partial charge in [-0.15, -0.1) is 0 Å². The van der Waals surface area contributed by atoms with E-state index in [1.807, 2.05) is 12.3 Å². The van der Waals surface area contributed by atoms with Crippen molar-refractivity contribution in [3.05, 3.63) is 204 Å². The van der Waals surface area contributed by atoms with Gasteiger partial charge in [-0.1, -0.05) is 173 Å². The van der Waals surface area contributed by atoms with Crippen molar-refractivity contribution in [1.29, 1.82) is 0 Å². The number of aromatic nitrogens is 2. The minimum Gasteiger partial charge on any atom is -0.256 e. The third kappa shape index (κ3) is 5.01. The van der Waals surface area contributed by atoms with Gasteiger partial charge in [-0.2, -0.15) is 0 Å². The molecule has 12 rings (SSSR count). The Bertz CT molecular complexity index is 3420. The Hall–Kier alpha value is -7.16. The van der Waals surface area contributed by atoms with E-state index in [2.05, 4.69) is 198 Å². The monoisotopic (exact) mass is 766 g/mol. The second kappa shape index (κ2) is 12.7. The van der Waals surface area contributed by atoms with Crippen molar-refractivity contribution in [2.24, 2.45) is 0 Å². The summed E-state index contributed by atoms with van der Waals surface area (Å²) >= 11 is 0. The summed E-state index contributed by atoms with van der Waals surface area (Å²) in [6, 6.07) is 65.0. The highest BCUT2D eigenvalue weighted by Crippen LogP contribution is 2.52. The fourth-order valence-electron chi connectivity index (χ4n) is 10.6. The molecule has 2 aliphatic carbocycles. The summed E-state index contributed by atoms with van der Waals surface area (Å²) in [6.07, 6.45) is 1.87. The van der Waals surface area contributed by atoms with Crippen molar-refractivity contribution in [2.75, 3.05) is 0 Å². The molecule has 0 aliphatic heterocycles. The van der Waals surface area contributed by atoms with E-state index in [-0.39, 0.29) is 10.8 Å². The fraction of sp³-hybridized carbons (Fsp3) is 0.103. The van der Waals surface area contributed by atoms with Gasteiger partial charge >= 0.3 is 0 Å². The van der Waals surface area contributed by atoms with E-state index >= 15 is 0 Å². The number of hydrogen-bond donors (Lipinski definition) is 0. The average molecular weight is 767 g/mol. The molecule has 284 valence electrons. The fourth-order valence-corrected chi connectivity index (χ4v) is 10.6. The SMILES string of the molecule is CC1(C)c2ccccc2-c2ccc(-c3cc4c(-c5ccc6c(c5)C(C)(C)c5ccccc5-6)cc(-c5ccc(-c6cccc7cccnc67)cc5)nc4c4ccccc34)cc21. The highest BCUT2D eigenvalue weighted by atomic mass is 14.7. The maximum Gasteiger partial charge on any atom is 0.0794 e. The van der Waals surface area contributed by atoms with Crippen LogP contribution in [0.3, 0.4) is 0 Å². The largest absolute Gasteiger partial charge is 0.256 e. The molecule has 2 heterocycles. The van der Waals surface area contributed by atoms with Crippen LogP contribution in [0, 0.1) is 0 Å². The molecule has 0 unspecified atom stereocenters. The lowest BCUT2D eigenvalue weighted by Crippen LogP contribution is -2.15. The molecule has 2 aliphatic rings. The maximum absolute atomic E-state index is 5.58. The molecule has 0 amide bonds. The van der Waals surface area contributed by atoms with Crippen LogP contribution >= 0.6 is 0 Å². The van der Waals surface area contributed by atoms with E-state index in [1.54, 1.807) is 0 Å². The standard InChI is InChI=1S/C58H42N2/c1-57(2)50-20-9-7-16-42(50)44-28-26-38(31-52(44)57)47-33-49-48(39-27-29-45-43-17-8-10-21-51(43)58(3,4)53(45)32-39)34-54(60-56(49)46-18-6-5-15-41(46)47)36-24-22-35(23-25-36)40-19-11-13-37-14-12-30-59-55(37)40/h5-34H,1-4H3. The zero-order valence-electron chi connectivity index (χ0n) is 34.2. The van der Waals surface area contributed by atoms with Crippen molar-refractivity contribution >= 4 is 32.6 Å². The van der Waals surface area contributed by atoms with Gasteiger partial charge in [0.15, 0.2) is 0 Å². The van der Waals surface area contributed by atoms with Crippen LogP contribution in [-0.2, 0) is 10.8 Å². The molecule has 0 fully saturated rings. The number of nitrogens with zero attached hydrogens (tertiary/aromatic N) is 2. The second-order valence-electron chi connectivity index (χ2n) is 17.7. The molecule has 0 radical (unpaired) electrons. The van der Waals surface area contributed by atoms with E-state index in [0.29, 0.717) is 0 Å². The third-order valence-electron chi connectivity index (χ3n) is 13.7. The van der Waals surface area contributed by atoms with Crippen LogP contribution in [0.1, 0.15) is 49.9 Å². The molecule has 60 heavy (non-hydrogen) atoms. The maximum atomic E-state index is 5.58. The summed E-state index contributed by atoms with van der Waals surface area (Å²) in [5.74, 6) is 0. The molecule has 10 aromatic rings. The number of para-hydroxylation sites is 1. The van der Waals surface area contributed by atoms with Crippen molar-refractivity contribution < 1.29 is 0 Å². The Kier molecular flexibility index (Phi) is 7.36. The predicted molar refractivity (Wildman–Crippen MR) is 251 cm³/mol. The molecule has 2 nitrogen and oxygen atoms in total. The van der Waals surface area contributed by atoms with Crippen LogP contribution in [0.2, 0.25) is 0 Å². The topological polar surface area (TPSA) is 25.8 Å². The molecule has 8 aromatic carbocycles. The van der Waals surface area contributed by atoms with E-state index in [4.69, 9.17) is 9.97 Å². The smallest absolute Gasteiger partial charge is 0.0794 e. The average Bonchev–Trinajstić information content (AvgIpc) is 3.67. The molecule has 2 heteroatoms. The van der Waals surface area contributed by atoms with Gasteiger partial charge in [0.25, 0.3) is 0 Å². The zero-order chi connectivity index (χ0) is 40.3. The normalized spacial score (nSPS) is 14.3. The van der Waals surface area contributed by atoms with Gasteiger partial charge in [0.05, 0.1) is 16.7 Å². The Morgan fingerprint density at radius 2 is 0.850 bits per heavy atom. The highest BCUT2D eigenvalue weighted by Gasteiger charge is 2.37. The first-order valence-electron chi connectivity index (χ1n) is 21.1. The minimum absolute atomic E-state index is 0.0926. The molecule has 0 saturated heterocycles. The first kappa shape index (κ1) is 34.8. The summed E-state index contributed by atoms with van der Waals surface area (Å²) in [5.41, 5.74) is 21.8. The Morgan fingerprint density at radius 1 is 0.333 bits per heavy atom. The molecule has 0 saturated carbocycles. The van der Waals surface area contributed by atoms with Crippen LogP contribution in [0.15, 0.2) is 182 Å². The van der Waals surface area contributed by atoms with Crippen LogP contribution < -0.4 is 0 Å². The first-order chi connectivity index (χ1) is 29.3. The zero-order valence-corrected chi connectivity index (χ0v) is 34.2. The van der Waals surface area contributed by atoms with Gasteiger partial charge in [0.2, 0.25) is 0 Å². The molecule has 0 atom stereocenters. The van der Waals surface area contributed by atoms with Gasteiger partial charge in [0.1, 0.15) is 0 Å². The second-order valence-corrected chi connectivity index (χ2v) is 17.7. The van der Waals surface area contributed by atoms with Crippen molar-refractivity contribution in [2.45, 2.75) is 38.5 Å². The minimum atomic E-state index is -0.118. The molecule has 0 spiro atoms. The lowest BCUT2D eigenvalue weighted by molar-refractivity contribution is 0.660. The molecule has 0 N–H and O–H groups in total. The predicted octanol–water partition coefficient (Wildman–Crippen LogP) is 15.2. The Labute approximate surface area is 350 Å². The van der Waals surface area contributed by atoms with E-state index in [1.165, 1.54) is 72.1 Å². The van der Waals surface area contributed by atoms with Gasteiger partial charge in [-0.25, -0.2) is 4.98 Å². The van der Waals surface area contributed by atoms with Crippen molar-refractivity contribution in [1.82, 2.24) is 9.97 Å². The number of pyridine rings is 2. The van der Waals surface area contributed by atoms with E-state index in [0.717, 1.165) is 49.6 Å². The lowest BCUT2D eigenvalue weighted by atomic mass is 9.81. The van der Waals surface area contributed by atoms with E-state index in [9.17, 15) is 0 Å². The Morgan fingerprint density at radius 3 is 1.52 bits per heavy atom. The summed E-state index contributed by atoms with van der Waals surface area (Å²) in [7, 11) is 0. The summed E-state index contributed by atoms with van der Waals surface area (Å²) < 4.78 is 0. The van der Waals surface area contributed by atoms with E-state index < -0.39 is 0 Å². The lowest BCUT2D eigenvalue weighted by Gasteiger charge is -2.23. The van der Waals surface area contributed by atoms with Crippen LogP contribution in [0.4, 0.5) is 0 Å². The first-order valence-corrected chi connectivity index (χ1v) is 21.1. The van der Waals surface area contributed by atoms with Gasteiger partial charge in [-0.05, 0) is 108 Å². The van der Waals surface area contributed by atoms with Crippen molar-refractivity contribution in [3.63, 3.8) is 0 Å². The summed E-state index contributed by atoms with van der Waals surface area (Å²) in [4.78, 5) is 10.3. The van der Waals surface area contributed by atoms with Gasteiger partial charge < -0.3 is 0 Å². The van der Waals surface area contributed by atoms with Crippen LogP contribution in [0.5, 0.6) is 0 Å². The number of rotatable bonds is 4. The number of fused-ring (bicyclic) bond motifs is 10. The molecule has 0 bridgehead atoms. The third-order valence-corrected chi connectivity index (χ3v) is 13.7. The number of hydrogen-bond acceptors (Lipinski definition) is 2. The van der Waals surface area contributed by atoms with Gasteiger partial charge in [-0.3, -0.25) is 4.98 Å².